The van der Waals surface area contributed by atoms with Gasteiger partial charge in [0.2, 0.25) is 11.8 Å². The summed E-state index contributed by atoms with van der Waals surface area (Å²) in [5.41, 5.74) is 5.94. The van der Waals surface area contributed by atoms with Crippen molar-refractivity contribution in [1.82, 2.24) is 10.2 Å². The monoisotopic (exact) mass is 665 g/mol. The fourth-order valence-electron chi connectivity index (χ4n) is 6.42. The molecule has 7 nitrogen and oxygen atoms in total. The highest BCUT2D eigenvalue weighted by Crippen LogP contribution is 2.29. The molecular weight excluding hydrogens is 619 g/mol. The van der Waals surface area contributed by atoms with Crippen LogP contribution in [-0.4, -0.2) is 43.8 Å². The van der Waals surface area contributed by atoms with Gasteiger partial charge in [-0.2, -0.15) is 0 Å². The van der Waals surface area contributed by atoms with Crippen molar-refractivity contribution in [3.63, 3.8) is 0 Å². The van der Waals surface area contributed by atoms with E-state index in [1.165, 1.54) is 4.31 Å². The first-order valence-electron chi connectivity index (χ1n) is 16.9. The number of sulfonamides is 1. The fraction of sp³-hybridized carbons (Fsp3) is 0.350. The molecule has 0 heterocycles. The van der Waals surface area contributed by atoms with E-state index >= 15 is 0 Å². The number of aryl methyl sites for hydroxylation is 4. The highest BCUT2D eigenvalue weighted by molar-refractivity contribution is 7.92. The molecule has 1 saturated carbocycles. The predicted octanol–water partition coefficient (Wildman–Crippen LogP) is 7.20. The number of carbonyl (C=O) groups excluding carboxylic acids is 2. The van der Waals surface area contributed by atoms with Crippen molar-refractivity contribution in [3.8, 4) is 0 Å². The molecule has 1 aliphatic rings. The van der Waals surface area contributed by atoms with Crippen molar-refractivity contribution in [1.29, 1.82) is 0 Å². The number of nitrogens with zero attached hydrogens (tertiary/aromatic N) is 2. The van der Waals surface area contributed by atoms with Gasteiger partial charge in [-0.15, -0.1) is 0 Å². The van der Waals surface area contributed by atoms with E-state index in [2.05, 4.69) is 5.32 Å². The molecule has 0 unspecified atom stereocenters. The number of hydrogen-bond donors (Lipinski definition) is 1. The van der Waals surface area contributed by atoms with Gasteiger partial charge < -0.3 is 10.2 Å². The van der Waals surface area contributed by atoms with Gasteiger partial charge >= 0.3 is 0 Å². The zero-order chi connectivity index (χ0) is 34.3. The van der Waals surface area contributed by atoms with E-state index in [-0.39, 0.29) is 23.4 Å². The quantitative estimate of drug-likeness (QED) is 0.173. The van der Waals surface area contributed by atoms with Crippen LogP contribution in [0, 0.1) is 27.7 Å². The molecule has 0 spiro atoms. The molecule has 1 fully saturated rings. The Morgan fingerprint density at radius 3 is 1.98 bits per heavy atom. The lowest BCUT2D eigenvalue weighted by atomic mass is 9.94. The summed E-state index contributed by atoms with van der Waals surface area (Å²) in [5.74, 6) is -0.670. The SMILES string of the molecule is Cc1ccc(CN(C(=O)CN(c2ccc(C)cc2C)S(=O)(=O)c2ccc(C)cc2)[C@@H](Cc2ccccc2)C(=O)NC2CCCCC2)cc1. The van der Waals surface area contributed by atoms with Crippen LogP contribution < -0.4 is 9.62 Å². The molecule has 0 aliphatic heterocycles. The molecule has 1 atom stereocenters. The lowest BCUT2D eigenvalue weighted by Gasteiger charge is -2.35. The summed E-state index contributed by atoms with van der Waals surface area (Å²) in [6, 6.07) is 28.9. The largest absolute Gasteiger partial charge is 0.352 e. The van der Waals surface area contributed by atoms with Crippen molar-refractivity contribution in [2.24, 2.45) is 0 Å². The molecule has 252 valence electrons. The summed E-state index contributed by atoms with van der Waals surface area (Å²) in [5, 5.41) is 3.27. The van der Waals surface area contributed by atoms with E-state index in [1.54, 1.807) is 35.2 Å². The maximum Gasteiger partial charge on any atom is 0.264 e. The lowest BCUT2D eigenvalue weighted by Crippen LogP contribution is -2.55. The average Bonchev–Trinajstić information content (AvgIpc) is 3.07. The van der Waals surface area contributed by atoms with Crippen molar-refractivity contribution in [3.05, 3.63) is 130 Å². The molecule has 5 rings (SSSR count). The first kappa shape index (κ1) is 34.9. The summed E-state index contributed by atoms with van der Waals surface area (Å²) in [6.07, 6.45) is 5.38. The Bertz CT molecular complexity index is 1800. The summed E-state index contributed by atoms with van der Waals surface area (Å²) >= 11 is 0. The van der Waals surface area contributed by atoms with Crippen molar-refractivity contribution < 1.29 is 18.0 Å². The van der Waals surface area contributed by atoms with E-state index in [0.29, 0.717) is 12.1 Å². The van der Waals surface area contributed by atoms with Gasteiger partial charge in [-0.25, -0.2) is 8.42 Å². The Morgan fingerprint density at radius 1 is 0.750 bits per heavy atom. The zero-order valence-corrected chi connectivity index (χ0v) is 29.3. The number of anilines is 1. The topological polar surface area (TPSA) is 86.8 Å². The molecule has 1 N–H and O–H groups in total. The van der Waals surface area contributed by atoms with Crippen molar-refractivity contribution in [2.75, 3.05) is 10.8 Å². The smallest absolute Gasteiger partial charge is 0.264 e. The van der Waals surface area contributed by atoms with Crippen LogP contribution in [0.1, 0.15) is 65.5 Å². The Labute approximate surface area is 286 Å². The van der Waals surface area contributed by atoms with Crippen LogP contribution in [-0.2, 0) is 32.6 Å². The van der Waals surface area contributed by atoms with Gasteiger partial charge in [-0.1, -0.05) is 115 Å². The van der Waals surface area contributed by atoms with Gasteiger partial charge in [0.1, 0.15) is 12.6 Å². The van der Waals surface area contributed by atoms with Gasteiger partial charge in [-0.05, 0) is 75.4 Å². The van der Waals surface area contributed by atoms with E-state index < -0.39 is 28.5 Å². The van der Waals surface area contributed by atoms with E-state index in [1.807, 2.05) is 94.4 Å². The zero-order valence-electron chi connectivity index (χ0n) is 28.5. The highest BCUT2D eigenvalue weighted by atomic mass is 32.2. The van der Waals surface area contributed by atoms with Crippen LogP contribution in [0.4, 0.5) is 5.69 Å². The Morgan fingerprint density at radius 2 is 1.35 bits per heavy atom. The number of rotatable bonds is 12. The van der Waals surface area contributed by atoms with E-state index in [9.17, 15) is 18.0 Å². The molecule has 4 aromatic carbocycles. The van der Waals surface area contributed by atoms with Gasteiger partial charge in [0.05, 0.1) is 10.6 Å². The molecular formula is C40H47N3O4S. The molecule has 48 heavy (non-hydrogen) atoms. The Hall–Kier alpha value is -4.43. The minimum absolute atomic E-state index is 0.0504. The highest BCUT2D eigenvalue weighted by Gasteiger charge is 2.35. The predicted molar refractivity (Wildman–Crippen MR) is 192 cm³/mol. The number of nitrogens with one attached hydrogen (secondary N) is 1. The summed E-state index contributed by atoms with van der Waals surface area (Å²) in [4.78, 5) is 30.7. The molecule has 4 aromatic rings. The molecule has 8 heteroatoms. The minimum Gasteiger partial charge on any atom is -0.352 e. The standard InChI is InChI=1S/C40H47N3O4S/c1-29-15-20-34(21-16-29)27-42(38(26-33-11-7-5-8-12-33)40(45)41-35-13-9-6-10-14-35)39(44)28-43(37-24-19-31(3)25-32(37)4)48(46,47)36-22-17-30(2)18-23-36/h5,7-8,11-12,15-25,35,38H,6,9-10,13-14,26-28H2,1-4H3,(H,41,45)/t38-/m0/s1. The van der Waals surface area contributed by atoms with Crippen LogP contribution in [0.15, 0.2) is 102 Å². The number of hydrogen-bond acceptors (Lipinski definition) is 4. The van der Waals surface area contributed by atoms with Crippen molar-refractivity contribution in [2.45, 2.75) is 89.7 Å². The Kier molecular flexibility index (Phi) is 11.4. The van der Waals surface area contributed by atoms with E-state index in [4.69, 9.17) is 0 Å². The van der Waals surface area contributed by atoms with Gasteiger partial charge in [0.25, 0.3) is 10.0 Å². The molecule has 0 bridgehead atoms. The maximum absolute atomic E-state index is 14.8. The number of benzene rings is 4. The van der Waals surface area contributed by atoms with Gasteiger partial charge in [0.15, 0.2) is 0 Å². The maximum atomic E-state index is 14.8. The average molecular weight is 666 g/mol. The second-order valence-electron chi connectivity index (χ2n) is 13.2. The minimum atomic E-state index is -4.16. The first-order valence-corrected chi connectivity index (χ1v) is 18.3. The second-order valence-corrected chi connectivity index (χ2v) is 15.0. The van der Waals surface area contributed by atoms with Gasteiger partial charge in [0, 0.05) is 19.0 Å². The third kappa shape index (κ3) is 8.72. The second kappa shape index (κ2) is 15.6. The summed E-state index contributed by atoms with van der Waals surface area (Å²) in [6.45, 7) is 7.39. The van der Waals surface area contributed by atoms with E-state index in [0.717, 1.165) is 65.5 Å². The van der Waals surface area contributed by atoms with Crippen LogP contribution in [0.2, 0.25) is 0 Å². The van der Waals surface area contributed by atoms with Crippen LogP contribution >= 0.6 is 0 Å². The lowest BCUT2D eigenvalue weighted by molar-refractivity contribution is -0.140. The van der Waals surface area contributed by atoms with Crippen molar-refractivity contribution >= 4 is 27.5 Å². The normalized spacial score (nSPS) is 14.2. The molecule has 0 saturated heterocycles. The first-order chi connectivity index (χ1) is 23.0. The van der Waals surface area contributed by atoms with Crippen LogP contribution in [0.5, 0.6) is 0 Å². The van der Waals surface area contributed by atoms with Crippen LogP contribution in [0.3, 0.4) is 0 Å². The fourth-order valence-corrected chi connectivity index (χ4v) is 7.90. The summed E-state index contributed by atoms with van der Waals surface area (Å²) < 4.78 is 29.9. The summed E-state index contributed by atoms with van der Waals surface area (Å²) in [7, 11) is -4.16. The van der Waals surface area contributed by atoms with Gasteiger partial charge in [-0.3, -0.25) is 13.9 Å². The molecule has 0 radical (unpaired) electrons. The molecule has 2 amide bonds. The van der Waals surface area contributed by atoms with Crippen LogP contribution in [0.25, 0.3) is 0 Å². The third-order valence-electron chi connectivity index (χ3n) is 9.21. The Balaban J connectivity index is 1.58. The number of carbonyl (C=O) groups is 2. The molecule has 1 aliphatic carbocycles. The molecule has 0 aromatic heterocycles. The number of amides is 2. The third-order valence-corrected chi connectivity index (χ3v) is 11.0.